The van der Waals surface area contributed by atoms with Crippen molar-refractivity contribution >= 4 is 5.97 Å². The molecule has 0 spiro atoms. The molecule has 0 bridgehead atoms. The van der Waals surface area contributed by atoms with E-state index in [9.17, 15) is 9.90 Å². The number of esters is 1. The molecule has 0 aromatic carbocycles. The minimum atomic E-state index is -0.685. The molecule has 1 rings (SSSR count). The van der Waals surface area contributed by atoms with Crippen molar-refractivity contribution in [3.63, 3.8) is 0 Å². The molecule has 0 aromatic heterocycles. The summed E-state index contributed by atoms with van der Waals surface area (Å²) in [5.41, 5.74) is 8.30. The predicted octanol–water partition coefficient (Wildman–Crippen LogP) is 5.81. The van der Waals surface area contributed by atoms with Crippen LogP contribution in [0.1, 0.15) is 73.1 Å². The maximum absolute atomic E-state index is 11.3. The molecule has 0 aromatic rings. The maximum atomic E-state index is 11.3. The van der Waals surface area contributed by atoms with E-state index in [-0.39, 0.29) is 18.5 Å². The standard InChI is InChI=1S/C29H47NO4/c1-7-10-28-24(5)14-16-27(34-28)12-9-8-11-21(2)17-23(4)18-22(3)13-15-26(31)19-25(30)20-29(32)33-6/h7-11,13,15,18,23-28,31H,12,14,16-17,19-20,30H2,1-6H3/b9-8+,10-7+,15-13+,21-11+,22-18-. The Labute approximate surface area is 207 Å². The number of ether oxygens (including phenoxy) is 2. The number of aliphatic hydroxyl groups is 1. The smallest absolute Gasteiger partial charge is 0.307 e. The first kappa shape index (κ1) is 30.1. The molecule has 0 saturated carbocycles. The highest BCUT2D eigenvalue weighted by atomic mass is 16.5. The van der Waals surface area contributed by atoms with E-state index in [4.69, 9.17) is 10.5 Å². The first-order valence-electron chi connectivity index (χ1n) is 12.6. The summed E-state index contributed by atoms with van der Waals surface area (Å²) in [4.78, 5) is 11.3. The number of hydrogen-bond donors (Lipinski definition) is 2. The Hall–Kier alpha value is -1.95. The monoisotopic (exact) mass is 473 g/mol. The molecule has 1 saturated heterocycles. The summed E-state index contributed by atoms with van der Waals surface area (Å²) in [7, 11) is 1.33. The Morgan fingerprint density at radius 3 is 2.68 bits per heavy atom. The summed E-state index contributed by atoms with van der Waals surface area (Å²) in [6.07, 6.45) is 21.3. The molecule has 0 amide bonds. The number of allylic oxidation sites excluding steroid dienone is 7. The highest BCUT2D eigenvalue weighted by molar-refractivity contribution is 5.69. The summed E-state index contributed by atoms with van der Waals surface area (Å²) in [6.45, 7) is 10.7. The van der Waals surface area contributed by atoms with Gasteiger partial charge in [-0.15, -0.1) is 0 Å². The van der Waals surface area contributed by atoms with Crippen LogP contribution in [0.3, 0.4) is 0 Å². The molecule has 5 heteroatoms. The van der Waals surface area contributed by atoms with Crippen molar-refractivity contribution in [2.45, 2.75) is 97.5 Å². The van der Waals surface area contributed by atoms with Crippen LogP contribution in [0.4, 0.5) is 0 Å². The zero-order valence-electron chi connectivity index (χ0n) is 22.1. The van der Waals surface area contributed by atoms with Gasteiger partial charge in [-0.2, -0.15) is 0 Å². The number of methoxy groups -OCH3 is 1. The fourth-order valence-electron chi connectivity index (χ4n) is 4.27. The third-order valence-corrected chi connectivity index (χ3v) is 6.13. The van der Waals surface area contributed by atoms with Gasteiger partial charge in [0.1, 0.15) is 0 Å². The second-order valence-corrected chi connectivity index (χ2v) is 9.77. The van der Waals surface area contributed by atoms with E-state index in [0.29, 0.717) is 24.4 Å². The summed E-state index contributed by atoms with van der Waals surface area (Å²) in [5, 5.41) is 10.1. The van der Waals surface area contributed by atoms with Crippen LogP contribution in [0.2, 0.25) is 0 Å². The molecule has 0 aliphatic carbocycles. The van der Waals surface area contributed by atoms with Crippen molar-refractivity contribution in [2.75, 3.05) is 7.11 Å². The second-order valence-electron chi connectivity index (χ2n) is 9.77. The Balaban J connectivity index is 2.44. The van der Waals surface area contributed by atoms with E-state index in [1.807, 2.05) is 13.0 Å². The van der Waals surface area contributed by atoms with Crippen molar-refractivity contribution in [3.8, 4) is 0 Å². The van der Waals surface area contributed by atoms with Crippen LogP contribution in [-0.2, 0) is 14.3 Å². The summed E-state index contributed by atoms with van der Waals surface area (Å²) in [5.74, 6) is 0.624. The Bertz CT molecular complexity index is 749. The molecule has 1 heterocycles. The van der Waals surface area contributed by atoms with E-state index in [1.165, 1.54) is 19.1 Å². The number of carbonyl (C=O) groups is 1. The fourth-order valence-corrected chi connectivity index (χ4v) is 4.27. The van der Waals surface area contributed by atoms with Gasteiger partial charge < -0.3 is 20.3 Å². The zero-order valence-corrected chi connectivity index (χ0v) is 22.1. The van der Waals surface area contributed by atoms with Gasteiger partial charge in [-0.1, -0.05) is 73.6 Å². The van der Waals surface area contributed by atoms with E-state index in [2.05, 4.69) is 68.9 Å². The Morgan fingerprint density at radius 2 is 2.00 bits per heavy atom. The van der Waals surface area contributed by atoms with E-state index in [0.717, 1.165) is 24.8 Å². The highest BCUT2D eigenvalue weighted by Crippen LogP contribution is 2.27. The lowest BCUT2D eigenvalue weighted by molar-refractivity contribution is -0.141. The number of rotatable bonds is 13. The van der Waals surface area contributed by atoms with Crippen molar-refractivity contribution in [2.24, 2.45) is 17.6 Å². The fraction of sp³-hybridized carbons (Fsp3) is 0.621. The average molecular weight is 474 g/mol. The topological polar surface area (TPSA) is 81.8 Å². The first-order chi connectivity index (χ1) is 16.1. The quantitative estimate of drug-likeness (QED) is 0.200. The third kappa shape index (κ3) is 13.1. The zero-order chi connectivity index (χ0) is 25.5. The number of aliphatic hydroxyl groups excluding tert-OH is 1. The number of nitrogens with two attached hydrogens (primary N) is 1. The van der Waals surface area contributed by atoms with Gasteiger partial charge in [-0.25, -0.2) is 0 Å². The van der Waals surface area contributed by atoms with Gasteiger partial charge in [-0.05, 0) is 64.7 Å². The van der Waals surface area contributed by atoms with Crippen LogP contribution >= 0.6 is 0 Å². The minimum Gasteiger partial charge on any atom is -0.469 e. The predicted molar refractivity (Wildman–Crippen MR) is 141 cm³/mol. The summed E-state index contributed by atoms with van der Waals surface area (Å²) < 4.78 is 10.8. The lowest BCUT2D eigenvalue weighted by Crippen LogP contribution is -2.32. The van der Waals surface area contributed by atoms with Crippen LogP contribution in [0.25, 0.3) is 0 Å². The molecule has 5 nitrogen and oxygen atoms in total. The van der Waals surface area contributed by atoms with Gasteiger partial charge >= 0.3 is 5.97 Å². The van der Waals surface area contributed by atoms with Gasteiger partial charge in [0.05, 0.1) is 31.8 Å². The molecule has 1 fully saturated rings. The summed E-state index contributed by atoms with van der Waals surface area (Å²) >= 11 is 0. The number of carbonyl (C=O) groups excluding carboxylic acids is 1. The molecule has 6 atom stereocenters. The Kier molecular flexibility index (Phi) is 14.7. The molecule has 6 unspecified atom stereocenters. The van der Waals surface area contributed by atoms with Gasteiger partial charge in [0.25, 0.3) is 0 Å². The van der Waals surface area contributed by atoms with Crippen LogP contribution in [0, 0.1) is 11.8 Å². The second kappa shape index (κ2) is 16.6. The maximum Gasteiger partial charge on any atom is 0.307 e. The third-order valence-electron chi connectivity index (χ3n) is 6.13. The van der Waals surface area contributed by atoms with Crippen LogP contribution in [0.5, 0.6) is 0 Å². The van der Waals surface area contributed by atoms with E-state index < -0.39 is 12.1 Å². The number of hydrogen-bond acceptors (Lipinski definition) is 5. The van der Waals surface area contributed by atoms with Crippen LogP contribution < -0.4 is 5.73 Å². The lowest BCUT2D eigenvalue weighted by Gasteiger charge is -2.32. The lowest BCUT2D eigenvalue weighted by atomic mass is 9.92. The van der Waals surface area contributed by atoms with Crippen molar-refractivity contribution in [3.05, 3.63) is 59.8 Å². The highest BCUT2D eigenvalue weighted by Gasteiger charge is 2.25. The van der Waals surface area contributed by atoms with Crippen molar-refractivity contribution < 1.29 is 19.4 Å². The average Bonchev–Trinajstić information content (AvgIpc) is 2.77. The molecular weight excluding hydrogens is 426 g/mol. The normalized spacial score (nSPS) is 25.2. The van der Waals surface area contributed by atoms with Gasteiger partial charge in [0.2, 0.25) is 0 Å². The molecule has 192 valence electrons. The van der Waals surface area contributed by atoms with Crippen LogP contribution in [-0.4, -0.2) is 42.5 Å². The van der Waals surface area contributed by atoms with Crippen molar-refractivity contribution in [1.82, 2.24) is 0 Å². The molecular formula is C29H47NO4. The largest absolute Gasteiger partial charge is 0.469 e. The molecule has 0 radical (unpaired) electrons. The SMILES string of the molecule is C/C=C/C1OC(C/C=C/C=C(\C)CC(C)/C=C(C)\C=C\C(O)CC(N)CC(=O)OC)CCC1C. The summed E-state index contributed by atoms with van der Waals surface area (Å²) in [6, 6.07) is -0.418. The minimum absolute atomic E-state index is 0.108. The molecule has 1 aliphatic rings. The van der Waals surface area contributed by atoms with Crippen molar-refractivity contribution in [1.29, 1.82) is 0 Å². The molecule has 3 N–H and O–H groups in total. The Morgan fingerprint density at radius 1 is 1.26 bits per heavy atom. The van der Waals surface area contributed by atoms with E-state index >= 15 is 0 Å². The van der Waals surface area contributed by atoms with Gasteiger partial charge in [0.15, 0.2) is 0 Å². The van der Waals surface area contributed by atoms with E-state index in [1.54, 1.807) is 6.08 Å². The molecule has 1 aliphatic heterocycles. The first-order valence-corrected chi connectivity index (χ1v) is 12.6. The molecule has 34 heavy (non-hydrogen) atoms. The van der Waals surface area contributed by atoms with Crippen LogP contribution in [0.15, 0.2) is 59.8 Å². The van der Waals surface area contributed by atoms with Gasteiger partial charge in [0, 0.05) is 6.04 Å². The van der Waals surface area contributed by atoms with Gasteiger partial charge in [-0.3, -0.25) is 4.79 Å².